The van der Waals surface area contributed by atoms with Crippen molar-refractivity contribution < 1.29 is 18.7 Å². The van der Waals surface area contributed by atoms with Crippen molar-refractivity contribution in [3.8, 4) is 0 Å². The van der Waals surface area contributed by atoms with Crippen LogP contribution in [0, 0.1) is 5.82 Å². The molecule has 1 unspecified atom stereocenters. The number of hydrogen-bond donors (Lipinski definition) is 0. The molecule has 29 heavy (non-hydrogen) atoms. The van der Waals surface area contributed by atoms with Crippen LogP contribution in [-0.2, 0) is 4.74 Å². The Morgan fingerprint density at radius 2 is 2.03 bits per heavy atom. The Bertz CT molecular complexity index is 914. The number of fused-ring (bicyclic) bond motifs is 2. The number of pyridine rings is 1. The summed E-state index contributed by atoms with van der Waals surface area (Å²) in [5.41, 5.74) is 1.47. The smallest absolute Gasteiger partial charge is 0.410 e. The van der Waals surface area contributed by atoms with Gasteiger partial charge in [0.15, 0.2) is 0 Å². The van der Waals surface area contributed by atoms with Crippen LogP contribution < -0.4 is 4.90 Å². The average molecular weight is 417 g/mol. The second-order valence-electron chi connectivity index (χ2n) is 7.59. The van der Waals surface area contributed by atoms with Crippen molar-refractivity contribution in [1.29, 1.82) is 0 Å². The van der Waals surface area contributed by atoms with Crippen molar-refractivity contribution >= 4 is 29.2 Å². The van der Waals surface area contributed by atoms with Crippen molar-refractivity contribution in [2.45, 2.75) is 24.5 Å². The minimum absolute atomic E-state index is 0.103. The Labute approximate surface area is 170 Å². The Kier molecular flexibility index (Phi) is 4.38. The molecule has 8 nitrogen and oxygen atoms in total. The maximum Gasteiger partial charge on any atom is 0.410 e. The highest BCUT2D eigenvalue weighted by Crippen LogP contribution is 2.41. The molecule has 2 aromatic rings. The second-order valence-corrected chi connectivity index (χ2v) is 8.31. The van der Waals surface area contributed by atoms with Crippen molar-refractivity contribution in [1.82, 2.24) is 19.8 Å². The van der Waals surface area contributed by atoms with Crippen LogP contribution in [0.4, 0.5) is 15.0 Å². The molecule has 5 heterocycles. The molecule has 2 amide bonds. The fourth-order valence-corrected chi connectivity index (χ4v) is 5.05. The quantitative estimate of drug-likeness (QED) is 0.744. The van der Waals surface area contributed by atoms with Gasteiger partial charge in [0, 0.05) is 50.9 Å². The molecular formula is C19H20FN5O3S. The van der Waals surface area contributed by atoms with Crippen LogP contribution in [0.2, 0.25) is 0 Å². The van der Waals surface area contributed by atoms with E-state index in [2.05, 4.69) is 14.9 Å². The summed E-state index contributed by atoms with van der Waals surface area (Å²) < 4.78 is 19.0. The number of rotatable bonds is 2. The molecule has 3 aliphatic heterocycles. The van der Waals surface area contributed by atoms with Gasteiger partial charge in [0.05, 0.1) is 17.7 Å². The predicted octanol–water partition coefficient (Wildman–Crippen LogP) is 1.99. The lowest BCUT2D eigenvalue weighted by Crippen LogP contribution is -2.61. The predicted molar refractivity (Wildman–Crippen MR) is 103 cm³/mol. The highest BCUT2D eigenvalue weighted by molar-refractivity contribution is 7.07. The zero-order chi connectivity index (χ0) is 20.0. The number of carbonyl (C=O) groups is 2. The Balaban J connectivity index is 1.32. The molecule has 0 radical (unpaired) electrons. The summed E-state index contributed by atoms with van der Waals surface area (Å²) in [7, 11) is 0. The van der Waals surface area contributed by atoms with Gasteiger partial charge in [-0.1, -0.05) is 0 Å². The molecule has 152 valence electrons. The molecule has 0 saturated carbocycles. The van der Waals surface area contributed by atoms with Gasteiger partial charge in [0.2, 0.25) is 0 Å². The topological polar surface area (TPSA) is 78.9 Å². The molecule has 3 fully saturated rings. The number of hydrogen-bond acceptors (Lipinski definition) is 7. The highest BCUT2D eigenvalue weighted by Gasteiger charge is 2.57. The summed E-state index contributed by atoms with van der Waals surface area (Å²) in [6, 6.07) is 2.89. The number of nitrogens with zero attached hydrogens (tertiary/aromatic N) is 5. The van der Waals surface area contributed by atoms with E-state index in [1.54, 1.807) is 26.8 Å². The van der Waals surface area contributed by atoms with Gasteiger partial charge in [-0.15, -0.1) is 11.3 Å². The number of piperazine rings is 1. The Morgan fingerprint density at radius 3 is 2.72 bits per heavy atom. The number of carbonyl (C=O) groups excluding carboxylic acids is 2. The third-order valence-corrected chi connectivity index (χ3v) is 6.68. The van der Waals surface area contributed by atoms with Crippen LogP contribution in [0.1, 0.15) is 23.3 Å². The average Bonchev–Trinajstić information content (AvgIpc) is 3.36. The zero-order valence-electron chi connectivity index (χ0n) is 15.7. The molecule has 1 atom stereocenters. The lowest BCUT2D eigenvalue weighted by atomic mass is 9.83. The molecule has 0 aliphatic carbocycles. The SMILES string of the molecule is O=C(c1cscn1)N1CCN2C(=O)OC3(CCN(c4ccc(F)cn4)CC3)C2C1. The van der Waals surface area contributed by atoms with E-state index in [0.29, 0.717) is 57.1 Å². The molecule has 5 rings (SSSR count). The van der Waals surface area contributed by atoms with Gasteiger partial charge in [0.25, 0.3) is 5.91 Å². The normalized spacial score (nSPS) is 23.3. The first kappa shape index (κ1) is 18.3. The first-order valence-corrected chi connectivity index (χ1v) is 10.5. The molecule has 3 aliphatic rings. The molecule has 0 aromatic carbocycles. The molecule has 1 spiro atoms. The third-order valence-electron chi connectivity index (χ3n) is 6.10. The summed E-state index contributed by atoms with van der Waals surface area (Å²) in [5, 5.41) is 1.74. The largest absolute Gasteiger partial charge is 0.440 e. The van der Waals surface area contributed by atoms with Gasteiger partial charge in [-0.05, 0) is 12.1 Å². The maximum atomic E-state index is 13.1. The first-order valence-electron chi connectivity index (χ1n) is 9.59. The number of thiazole rings is 1. The molecule has 0 bridgehead atoms. The standard InChI is InChI=1S/C19H20FN5O3S/c20-13-1-2-16(21-9-13)23-5-3-19(4-6-23)15-10-24(7-8-25(15)18(27)28-19)17(26)14-11-29-12-22-14/h1-2,9,11-12,15H,3-8,10H2. The van der Waals surface area contributed by atoms with Gasteiger partial charge in [0.1, 0.15) is 22.9 Å². The third kappa shape index (κ3) is 3.11. The molecular weight excluding hydrogens is 397 g/mol. The van der Waals surface area contributed by atoms with Crippen LogP contribution in [-0.4, -0.2) is 76.1 Å². The summed E-state index contributed by atoms with van der Waals surface area (Å²) in [6.45, 7) is 2.68. The highest BCUT2D eigenvalue weighted by atomic mass is 32.1. The van der Waals surface area contributed by atoms with Gasteiger partial charge in [-0.2, -0.15) is 0 Å². The van der Waals surface area contributed by atoms with Gasteiger partial charge in [-0.25, -0.2) is 19.2 Å². The van der Waals surface area contributed by atoms with Gasteiger partial charge in [-0.3, -0.25) is 9.69 Å². The monoisotopic (exact) mass is 417 g/mol. The lowest BCUT2D eigenvalue weighted by Gasteiger charge is -2.45. The first-order chi connectivity index (χ1) is 14.1. The summed E-state index contributed by atoms with van der Waals surface area (Å²) in [6.07, 6.45) is 2.18. The van der Waals surface area contributed by atoms with E-state index >= 15 is 0 Å². The van der Waals surface area contributed by atoms with Gasteiger partial charge >= 0.3 is 6.09 Å². The lowest BCUT2D eigenvalue weighted by molar-refractivity contribution is -0.00329. The van der Waals surface area contributed by atoms with Crippen molar-refractivity contribution in [2.75, 3.05) is 37.6 Å². The maximum absolute atomic E-state index is 13.1. The number of amides is 2. The molecule has 10 heteroatoms. The number of piperidine rings is 1. The minimum Gasteiger partial charge on any atom is -0.440 e. The van der Waals surface area contributed by atoms with Crippen molar-refractivity contribution in [3.63, 3.8) is 0 Å². The van der Waals surface area contributed by atoms with E-state index in [1.165, 1.54) is 23.6 Å². The summed E-state index contributed by atoms with van der Waals surface area (Å²) >= 11 is 1.39. The summed E-state index contributed by atoms with van der Waals surface area (Å²) in [4.78, 5) is 39.1. The van der Waals surface area contributed by atoms with E-state index < -0.39 is 5.60 Å². The van der Waals surface area contributed by atoms with E-state index in [4.69, 9.17) is 4.74 Å². The summed E-state index contributed by atoms with van der Waals surface area (Å²) in [5.74, 6) is 0.245. The van der Waals surface area contributed by atoms with Crippen molar-refractivity contribution in [2.24, 2.45) is 0 Å². The van der Waals surface area contributed by atoms with Crippen LogP contribution in [0.5, 0.6) is 0 Å². The fourth-order valence-electron chi connectivity index (χ4n) is 4.52. The number of ether oxygens (including phenoxy) is 1. The second kappa shape index (κ2) is 6.94. The van der Waals surface area contributed by atoms with Gasteiger partial charge < -0.3 is 14.5 Å². The number of halogens is 1. The van der Waals surface area contributed by atoms with Crippen LogP contribution in [0.25, 0.3) is 0 Å². The fraction of sp³-hybridized carbons (Fsp3) is 0.474. The van der Waals surface area contributed by atoms with Crippen LogP contribution in [0.3, 0.4) is 0 Å². The molecule has 2 aromatic heterocycles. The number of anilines is 1. The van der Waals surface area contributed by atoms with Crippen molar-refractivity contribution in [3.05, 3.63) is 40.7 Å². The minimum atomic E-state index is -0.616. The Hall–Kier alpha value is -2.75. The van der Waals surface area contributed by atoms with E-state index in [-0.39, 0.29) is 23.9 Å². The molecule has 3 saturated heterocycles. The Morgan fingerprint density at radius 1 is 1.21 bits per heavy atom. The molecule has 0 N–H and O–H groups in total. The van der Waals surface area contributed by atoms with E-state index in [1.807, 2.05) is 0 Å². The van der Waals surface area contributed by atoms with E-state index in [9.17, 15) is 14.0 Å². The van der Waals surface area contributed by atoms with Crippen LogP contribution in [0.15, 0.2) is 29.2 Å². The van der Waals surface area contributed by atoms with E-state index in [0.717, 1.165) is 0 Å². The van der Waals surface area contributed by atoms with Crippen LogP contribution >= 0.6 is 11.3 Å². The number of aromatic nitrogens is 2. The zero-order valence-corrected chi connectivity index (χ0v) is 16.5.